The van der Waals surface area contributed by atoms with Gasteiger partial charge in [-0.15, -0.1) is 0 Å². The van der Waals surface area contributed by atoms with Crippen LogP contribution in [-0.2, 0) is 10.0 Å². The summed E-state index contributed by atoms with van der Waals surface area (Å²) in [6.45, 7) is 3.11. The van der Waals surface area contributed by atoms with Gasteiger partial charge in [0.05, 0.1) is 5.56 Å². The Balaban J connectivity index is 2.40. The van der Waals surface area contributed by atoms with Crippen molar-refractivity contribution in [3.8, 4) is 0 Å². The number of carbonyl (C=O) groups excluding carboxylic acids is 1. The van der Waals surface area contributed by atoms with Crippen LogP contribution in [-0.4, -0.2) is 32.3 Å². The third-order valence-corrected chi connectivity index (χ3v) is 4.74. The zero-order valence-electron chi connectivity index (χ0n) is 11.5. The van der Waals surface area contributed by atoms with E-state index in [9.17, 15) is 17.6 Å². The number of hydrogen-bond donors (Lipinski definition) is 1. The Morgan fingerprint density at radius 2 is 1.95 bits per heavy atom. The van der Waals surface area contributed by atoms with Crippen LogP contribution in [0.5, 0.6) is 0 Å². The van der Waals surface area contributed by atoms with Gasteiger partial charge < -0.3 is 4.90 Å². The molecular formula is C13H16ClFN2O3S. The first-order chi connectivity index (χ1) is 9.70. The maximum atomic E-state index is 14.3. The number of sulfonamides is 1. The number of nitrogens with two attached hydrogens (primary N) is 1. The lowest BCUT2D eigenvalue weighted by Gasteiger charge is -2.30. The average molecular weight is 335 g/mol. The van der Waals surface area contributed by atoms with Crippen LogP contribution in [0.25, 0.3) is 0 Å². The predicted octanol–water partition coefficient (Wildman–Crippen LogP) is 2.00. The smallest absolute Gasteiger partial charge is 0.256 e. The molecule has 1 aliphatic heterocycles. The number of piperidine rings is 1. The van der Waals surface area contributed by atoms with Crippen LogP contribution in [0.1, 0.15) is 30.1 Å². The van der Waals surface area contributed by atoms with Crippen LogP contribution >= 0.6 is 11.6 Å². The van der Waals surface area contributed by atoms with Gasteiger partial charge in [-0.2, -0.15) is 0 Å². The number of halogens is 2. The number of amides is 1. The zero-order chi connectivity index (χ0) is 15.8. The average Bonchev–Trinajstić information content (AvgIpc) is 2.40. The molecule has 0 spiro atoms. The first-order valence-corrected chi connectivity index (χ1v) is 8.43. The normalized spacial score (nSPS) is 17.0. The first kappa shape index (κ1) is 16.2. The lowest BCUT2D eigenvalue weighted by Crippen LogP contribution is -2.38. The van der Waals surface area contributed by atoms with Gasteiger partial charge in [-0.05, 0) is 30.9 Å². The van der Waals surface area contributed by atoms with Crippen LogP contribution in [0.15, 0.2) is 17.0 Å². The second-order valence-electron chi connectivity index (χ2n) is 5.29. The molecule has 1 aliphatic rings. The summed E-state index contributed by atoms with van der Waals surface area (Å²) < 4.78 is 37.0. The van der Waals surface area contributed by atoms with Crippen molar-refractivity contribution in [1.82, 2.24) is 4.90 Å². The van der Waals surface area contributed by atoms with Gasteiger partial charge in [0, 0.05) is 18.1 Å². The molecule has 116 valence electrons. The summed E-state index contributed by atoms with van der Waals surface area (Å²) in [7, 11) is -4.28. The van der Waals surface area contributed by atoms with E-state index in [2.05, 4.69) is 6.92 Å². The van der Waals surface area contributed by atoms with Crippen LogP contribution in [0.4, 0.5) is 4.39 Å². The van der Waals surface area contributed by atoms with Gasteiger partial charge in [-0.1, -0.05) is 18.5 Å². The molecule has 1 fully saturated rings. The summed E-state index contributed by atoms with van der Waals surface area (Å²) in [4.78, 5) is 13.1. The molecule has 0 unspecified atom stereocenters. The number of carbonyl (C=O) groups is 1. The Hall–Kier alpha value is -1.18. The molecule has 1 saturated heterocycles. The lowest BCUT2D eigenvalue weighted by molar-refractivity contribution is 0.0692. The highest BCUT2D eigenvalue weighted by Gasteiger charge is 2.27. The molecule has 5 nitrogen and oxygen atoms in total. The SMILES string of the molecule is CC1CCN(C(=O)c2cc(Cl)cc(S(N)(=O)=O)c2F)CC1. The minimum atomic E-state index is -4.28. The standard InChI is InChI=1S/C13H16ClFN2O3S/c1-8-2-4-17(5-3-8)13(18)10-6-9(14)7-11(12(10)15)21(16,19)20/h6-8H,2-5H2,1H3,(H2,16,19,20). The third-order valence-electron chi connectivity index (χ3n) is 3.61. The van der Waals surface area contributed by atoms with Crippen LogP contribution in [0.2, 0.25) is 5.02 Å². The highest BCUT2D eigenvalue weighted by atomic mass is 35.5. The topological polar surface area (TPSA) is 80.5 Å². The molecule has 1 aromatic rings. The van der Waals surface area contributed by atoms with E-state index < -0.39 is 26.6 Å². The minimum absolute atomic E-state index is 0.0471. The number of rotatable bonds is 2. The summed E-state index contributed by atoms with van der Waals surface area (Å²) >= 11 is 5.78. The molecule has 0 radical (unpaired) electrons. The summed E-state index contributed by atoms with van der Waals surface area (Å²) in [5.41, 5.74) is -0.360. The number of primary sulfonamides is 1. The molecule has 2 N–H and O–H groups in total. The molecule has 0 atom stereocenters. The summed E-state index contributed by atoms with van der Waals surface area (Å²) in [5, 5.41) is 4.89. The Bertz CT molecular complexity index is 670. The van der Waals surface area contributed by atoms with Gasteiger partial charge in [0.2, 0.25) is 10.0 Å². The summed E-state index contributed by atoms with van der Waals surface area (Å²) in [6.07, 6.45) is 1.66. The Labute approximate surface area is 127 Å². The quantitative estimate of drug-likeness (QED) is 0.898. The van der Waals surface area contributed by atoms with E-state index in [0.29, 0.717) is 19.0 Å². The largest absolute Gasteiger partial charge is 0.339 e. The number of benzene rings is 1. The van der Waals surface area contributed by atoms with E-state index in [1.165, 1.54) is 4.90 Å². The number of hydrogen-bond acceptors (Lipinski definition) is 3. The van der Waals surface area contributed by atoms with Crippen LogP contribution in [0, 0.1) is 11.7 Å². The fraction of sp³-hybridized carbons (Fsp3) is 0.462. The second-order valence-corrected chi connectivity index (χ2v) is 7.25. The van der Waals surface area contributed by atoms with Crippen molar-refractivity contribution in [2.75, 3.05) is 13.1 Å². The van der Waals surface area contributed by atoms with E-state index in [1.54, 1.807) is 0 Å². The Kier molecular flexibility index (Phi) is 4.55. The Morgan fingerprint density at radius 1 is 1.38 bits per heavy atom. The van der Waals surface area contributed by atoms with Gasteiger partial charge in [0.25, 0.3) is 5.91 Å². The molecule has 1 aromatic carbocycles. The molecule has 8 heteroatoms. The van der Waals surface area contributed by atoms with Crippen LogP contribution in [0.3, 0.4) is 0 Å². The van der Waals surface area contributed by atoms with E-state index in [0.717, 1.165) is 25.0 Å². The third kappa shape index (κ3) is 3.53. The van der Waals surface area contributed by atoms with E-state index in [1.807, 2.05) is 0 Å². The molecule has 1 heterocycles. The maximum absolute atomic E-state index is 14.3. The second kappa shape index (κ2) is 5.90. The van der Waals surface area contributed by atoms with Crippen molar-refractivity contribution in [2.45, 2.75) is 24.7 Å². The fourth-order valence-electron chi connectivity index (χ4n) is 2.31. The molecule has 1 amide bonds. The van der Waals surface area contributed by atoms with Crippen molar-refractivity contribution in [2.24, 2.45) is 11.1 Å². The monoisotopic (exact) mass is 334 g/mol. The van der Waals surface area contributed by atoms with Gasteiger partial charge in [0.15, 0.2) is 5.82 Å². The summed E-state index contributed by atoms with van der Waals surface area (Å²) in [5.74, 6) is -1.20. The summed E-state index contributed by atoms with van der Waals surface area (Å²) in [6, 6.07) is 2.03. The van der Waals surface area contributed by atoms with Gasteiger partial charge >= 0.3 is 0 Å². The fourth-order valence-corrected chi connectivity index (χ4v) is 3.24. The molecular weight excluding hydrogens is 319 g/mol. The lowest BCUT2D eigenvalue weighted by atomic mass is 9.98. The van der Waals surface area contributed by atoms with Gasteiger partial charge in [0.1, 0.15) is 4.90 Å². The van der Waals surface area contributed by atoms with E-state index in [-0.39, 0.29) is 10.6 Å². The molecule has 21 heavy (non-hydrogen) atoms. The molecule has 2 rings (SSSR count). The van der Waals surface area contributed by atoms with Crippen LogP contribution < -0.4 is 5.14 Å². The predicted molar refractivity (Wildman–Crippen MR) is 77.1 cm³/mol. The van der Waals surface area contributed by atoms with Crippen molar-refractivity contribution < 1.29 is 17.6 Å². The van der Waals surface area contributed by atoms with Crippen molar-refractivity contribution in [3.63, 3.8) is 0 Å². The molecule has 0 aliphatic carbocycles. The van der Waals surface area contributed by atoms with Gasteiger partial charge in [-0.25, -0.2) is 17.9 Å². The van der Waals surface area contributed by atoms with Crippen molar-refractivity contribution in [3.05, 3.63) is 28.5 Å². The minimum Gasteiger partial charge on any atom is -0.339 e. The Morgan fingerprint density at radius 3 is 2.48 bits per heavy atom. The molecule has 0 saturated carbocycles. The van der Waals surface area contributed by atoms with E-state index >= 15 is 0 Å². The first-order valence-electron chi connectivity index (χ1n) is 6.51. The molecule has 0 bridgehead atoms. The number of nitrogens with zero attached hydrogens (tertiary/aromatic N) is 1. The van der Waals surface area contributed by atoms with E-state index in [4.69, 9.17) is 16.7 Å². The highest BCUT2D eigenvalue weighted by molar-refractivity contribution is 7.89. The van der Waals surface area contributed by atoms with Crippen molar-refractivity contribution >= 4 is 27.5 Å². The highest BCUT2D eigenvalue weighted by Crippen LogP contribution is 2.25. The zero-order valence-corrected chi connectivity index (χ0v) is 13.0. The maximum Gasteiger partial charge on any atom is 0.256 e. The van der Waals surface area contributed by atoms with Gasteiger partial charge in [-0.3, -0.25) is 4.79 Å². The number of likely N-dealkylation sites (tertiary alicyclic amines) is 1. The molecule has 0 aromatic heterocycles. The van der Waals surface area contributed by atoms with Crippen molar-refractivity contribution in [1.29, 1.82) is 0 Å².